The van der Waals surface area contributed by atoms with E-state index in [9.17, 15) is 73.5 Å². The zero-order chi connectivity index (χ0) is 48.3. The predicted molar refractivity (Wildman–Crippen MR) is 218 cm³/mol. The Morgan fingerprint density at radius 1 is 0.698 bits per heavy atom. The number of hydrogen-bond acceptors (Lipinski definition) is 15. The molecule has 63 heavy (non-hydrogen) atoms. The number of hydrogen-bond donors (Lipinski definition) is 15. The van der Waals surface area contributed by atoms with Crippen LogP contribution in [0.1, 0.15) is 66.7 Å². The molecule has 0 aliphatic carbocycles. The van der Waals surface area contributed by atoms with Crippen LogP contribution in [0.25, 0.3) is 0 Å². The van der Waals surface area contributed by atoms with Gasteiger partial charge in [0, 0.05) is 13.1 Å². The van der Waals surface area contributed by atoms with Crippen LogP contribution in [0, 0.1) is 5.92 Å². The van der Waals surface area contributed by atoms with E-state index in [1.807, 2.05) is 0 Å². The minimum absolute atomic E-state index is 0.0213. The Bertz CT molecular complexity index is 1690. The van der Waals surface area contributed by atoms with Gasteiger partial charge in [-0.25, -0.2) is 4.79 Å². The number of carboxylic acids is 2. The molecule has 18 N–H and O–H groups in total. The Kier molecular flexibility index (Phi) is 22.9. The topological polar surface area (TPSA) is 450 Å². The maximum atomic E-state index is 13.6. The number of carbonyl (C=O) groups excluding carboxylic acids is 8. The number of rotatable bonds is 26. The normalized spacial score (nSPS) is 17.7. The van der Waals surface area contributed by atoms with Gasteiger partial charge in [0.05, 0.1) is 31.8 Å². The average molecular weight is 903 g/mol. The molecule has 1 fully saturated rings. The van der Waals surface area contributed by atoms with Gasteiger partial charge < -0.3 is 84.9 Å². The van der Waals surface area contributed by atoms with Gasteiger partial charge in [-0.15, -0.1) is 0 Å². The quantitative estimate of drug-likeness (QED) is 0.0218. The minimum atomic E-state index is -1.88. The highest BCUT2D eigenvalue weighted by molar-refractivity contribution is 5.99. The lowest BCUT2D eigenvalue weighted by molar-refractivity contribution is -0.145. The number of nitrogens with zero attached hydrogens (tertiary/aromatic N) is 2. The third kappa shape index (κ3) is 18.0. The number of aliphatic hydroxyl groups excluding tert-OH is 3. The van der Waals surface area contributed by atoms with Crippen molar-refractivity contribution >= 4 is 65.2 Å². The molecule has 10 atom stereocenters. The molecule has 8 amide bonds. The molecular weight excluding hydrogens is 840 g/mol. The van der Waals surface area contributed by atoms with Crippen LogP contribution in [0.3, 0.4) is 0 Å². The van der Waals surface area contributed by atoms with E-state index in [-0.39, 0.29) is 44.7 Å². The van der Waals surface area contributed by atoms with Crippen molar-refractivity contribution in [2.75, 3.05) is 26.2 Å². The van der Waals surface area contributed by atoms with Gasteiger partial charge in [-0.1, -0.05) is 13.8 Å². The van der Waals surface area contributed by atoms with E-state index in [0.717, 1.165) is 18.7 Å². The molecule has 0 aromatic carbocycles. The Hall–Kier alpha value is -6.19. The van der Waals surface area contributed by atoms with E-state index in [1.165, 1.54) is 6.92 Å². The fraction of sp³-hybridized carbons (Fsp3) is 0.694. The third-order valence-electron chi connectivity index (χ3n) is 9.53. The molecule has 27 nitrogen and oxygen atoms in total. The van der Waals surface area contributed by atoms with Crippen molar-refractivity contribution < 1.29 is 73.5 Å². The number of nitrogens with two attached hydrogens (primary N) is 3. The van der Waals surface area contributed by atoms with Gasteiger partial charge in [0.15, 0.2) is 5.96 Å². The second-order valence-corrected chi connectivity index (χ2v) is 15.1. The number of amides is 8. The zero-order valence-electron chi connectivity index (χ0n) is 35.7. The second-order valence-electron chi connectivity index (χ2n) is 15.1. The summed E-state index contributed by atoms with van der Waals surface area (Å²) in [5.41, 5.74) is 15.8. The molecular formula is C36H62N12O15. The summed E-state index contributed by atoms with van der Waals surface area (Å²) in [4.78, 5) is 133. The molecule has 0 unspecified atom stereocenters. The summed E-state index contributed by atoms with van der Waals surface area (Å²) in [7, 11) is 0. The second kappa shape index (κ2) is 26.3. The van der Waals surface area contributed by atoms with Crippen molar-refractivity contribution in [2.24, 2.45) is 28.1 Å². The van der Waals surface area contributed by atoms with E-state index >= 15 is 0 Å². The lowest BCUT2D eigenvalue weighted by Gasteiger charge is -2.30. The molecule has 0 spiro atoms. The van der Waals surface area contributed by atoms with Crippen molar-refractivity contribution in [2.45, 2.75) is 127 Å². The SMILES string of the molecule is CC(C)[C@H](NC(=O)CN)C(=O)N[C@H](C(=O)N[C@@H](CO)C(=O)N[C@@H](C)C(=O)N1CCC[C@H]1C(=O)N[C@@H](CC(=O)O)C(=O)N[C@H](C(=O)N[C@@H](CCCN=C(N)N)C(=O)O)[C@@H](C)O)[C@@H](C)O. The van der Waals surface area contributed by atoms with Crippen LogP contribution >= 0.6 is 0 Å². The summed E-state index contributed by atoms with van der Waals surface area (Å²) in [6.45, 7) is 5.24. The lowest BCUT2D eigenvalue weighted by atomic mass is 10.0. The van der Waals surface area contributed by atoms with Crippen LogP contribution in [-0.4, -0.2) is 182 Å². The number of carbonyl (C=O) groups is 10. The number of nitrogens with one attached hydrogen (secondary N) is 7. The molecule has 1 aliphatic heterocycles. The molecule has 0 aromatic heterocycles. The van der Waals surface area contributed by atoms with Gasteiger partial charge in [0.1, 0.15) is 48.3 Å². The molecule has 0 bridgehead atoms. The van der Waals surface area contributed by atoms with Crippen molar-refractivity contribution in [3.63, 3.8) is 0 Å². The average Bonchev–Trinajstić information content (AvgIpc) is 3.69. The zero-order valence-corrected chi connectivity index (χ0v) is 35.7. The predicted octanol–water partition coefficient (Wildman–Crippen LogP) is -7.63. The largest absolute Gasteiger partial charge is 0.481 e. The van der Waals surface area contributed by atoms with E-state index in [0.29, 0.717) is 0 Å². The molecule has 1 rings (SSSR count). The van der Waals surface area contributed by atoms with Crippen LogP contribution in [0.15, 0.2) is 4.99 Å². The van der Waals surface area contributed by atoms with Crippen LogP contribution in [0.4, 0.5) is 0 Å². The van der Waals surface area contributed by atoms with Gasteiger partial charge in [0.25, 0.3) is 0 Å². The third-order valence-corrected chi connectivity index (χ3v) is 9.53. The lowest BCUT2D eigenvalue weighted by Crippen LogP contribution is -2.62. The fourth-order valence-corrected chi connectivity index (χ4v) is 6.13. The summed E-state index contributed by atoms with van der Waals surface area (Å²) in [6.07, 6.45) is -3.98. The smallest absolute Gasteiger partial charge is 0.326 e. The van der Waals surface area contributed by atoms with Crippen LogP contribution < -0.4 is 54.4 Å². The Labute approximate surface area is 362 Å². The highest BCUT2D eigenvalue weighted by Crippen LogP contribution is 2.19. The van der Waals surface area contributed by atoms with Gasteiger partial charge in [-0.2, -0.15) is 0 Å². The Balaban J connectivity index is 3.08. The molecule has 0 aromatic rings. The van der Waals surface area contributed by atoms with E-state index < -0.39 is 145 Å². The van der Waals surface area contributed by atoms with Gasteiger partial charge >= 0.3 is 11.9 Å². The molecule has 1 aliphatic rings. The minimum Gasteiger partial charge on any atom is -0.481 e. The number of likely N-dealkylation sites (tertiary alicyclic amines) is 1. The van der Waals surface area contributed by atoms with Crippen LogP contribution in [0.5, 0.6) is 0 Å². The maximum absolute atomic E-state index is 13.6. The van der Waals surface area contributed by atoms with E-state index in [1.54, 1.807) is 13.8 Å². The Morgan fingerprint density at radius 3 is 1.70 bits per heavy atom. The molecule has 27 heteroatoms. The van der Waals surface area contributed by atoms with Crippen molar-refractivity contribution in [1.29, 1.82) is 0 Å². The highest BCUT2D eigenvalue weighted by atomic mass is 16.4. The first kappa shape index (κ1) is 54.8. The summed E-state index contributed by atoms with van der Waals surface area (Å²) in [5, 5.41) is 65.3. The molecule has 0 saturated carbocycles. The van der Waals surface area contributed by atoms with E-state index in [4.69, 9.17) is 17.2 Å². The van der Waals surface area contributed by atoms with Gasteiger partial charge in [-0.05, 0) is 52.4 Å². The number of aliphatic carboxylic acids is 2. The van der Waals surface area contributed by atoms with Crippen molar-refractivity contribution in [3.8, 4) is 0 Å². The number of aliphatic hydroxyl groups is 3. The first-order chi connectivity index (χ1) is 29.4. The monoisotopic (exact) mass is 902 g/mol. The number of guanidine groups is 1. The standard InChI is InChI=1S/C36H62N12O15/c1-15(2)25(45-23(52)13-37)31(58)47-27(18(5)51)33(60)44-21(14-49)29(56)41-16(3)34(61)48-11-7-9-22(48)30(57)43-20(12-24(53)54)28(55)46-26(17(4)50)32(59)42-19(35(62)63)8-6-10-40-36(38)39/h15-22,25-27,49-51H,6-14,37H2,1-5H3,(H,41,56)(H,42,59)(H,43,57)(H,44,60)(H,45,52)(H,46,55)(H,47,58)(H,53,54)(H,62,63)(H4,38,39,40)/t16-,17+,18+,19-,20-,21-,22-,25-,26-,27-/m0/s1. The summed E-state index contributed by atoms with van der Waals surface area (Å²) < 4.78 is 0. The van der Waals surface area contributed by atoms with Gasteiger partial charge in [-0.3, -0.25) is 48.1 Å². The Morgan fingerprint density at radius 2 is 1.22 bits per heavy atom. The van der Waals surface area contributed by atoms with Crippen LogP contribution in [0.2, 0.25) is 0 Å². The van der Waals surface area contributed by atoms with Crippen molar-refractivity contribution in [1.82, 2.24) is 42.1 Å². The molecule has 1 saturated heterocycles. The van der Waals surface area contributed by atoms with E-state index in [2.05, 4.69) is 42.2 Å². The van der Waals surface area contributed by atoms with Crippen molar-refractivity contribution in [3.05, 3.63) is 0 Å². The molecule has 356 valence electrons. The summed E-state index contributed by atoms with van der Waals surface area (Å²) in [6, 6.07) is -12.5. The maximum Gasteiger partial charge on any atom is 0.326 e. The molecule has 0 radical (unpaired) electrons. The summed E-state index contributed by atoms with van der Waals surface area (Å²) in [5.74, 6) is -11.7. The number of carboxylic acid groups (broad SMARTS) is 2. The first-order valence-electron chi connectivity index (χ1n) is 20.0. The van der Waals surface area contributed by atoms with Crippen LogP contribution in [-0.2, 0) is 47.9 Å². The first-order valence-corrected chi connectivity index (χ1v) is 20.0. The fourth-order valence-electron chi connectivity index (χ4n) is 6.13. The highest BCUT2D eigenvalue weighted by Gasteiger charge is 2.40. The van der Waals surface area contributed by atoms with Gasteiger partial charge in [0.2, 0.25) is 47.3 Å². The number of aliphatic imine (C=N–C) groups is 1. The summed E-state index contributed by atoms with van der Waals surface area (Å²) >= 11 is 0. The molecule has 1 heterocycles.